The molecule has 0 saturated carbocycles. The zero-order chi connectivity index (χ0) is 26.1. The lowest BCUT2D eigenvalue weighted by atomic mass is 10.1. The van der Waals surface area contributed by atoms with Gasteiger partial charge in [-0.2, -0.15) is 0 Å². The lowest BCUT2D eigenvalue weighted by Crippen LogP contribution is -2.15. The van der Waals surface area contributed by atoms with E-state index in [4.69, 9.17) is 26.4 Å². The molecule has 0 aromatic heterocycles. The van der Waals surface area contributed by atoms with Gasteiger partial charge in [-0.05, 0) is 60.7 Å². The highest BCUT2D eigenvalue weighted by Gasteiger charge is 2.16. The lowest BCUT2D eigenvalue weighted by Gasteiger charge is -2.04. The Morgan fingerprint density at radius 3 is 1.06 bits per heavy atom. The number of rotatable bonds is 6. The van der Waals surface area contributed by atoms with Gasteiger partial charge in [0.25, 0.3) is 0 Å². The third-order valence-corrected chi connectivity index (χ3v) is 4.38. The minimum Gasteiger partial charge on any atom is -0.478 e. The van der Waals surface area contributed by atoms with Gasteiger partial charge < -0.3 is 26.4 Å². The number of nitrogens with two attached hydrogens (primary N) is 2. The number of aromatic carboxylic acids is 2. The molecule has 0 unspecified atom stereocenters. The summed E-state index contributed by atoms with van der Waals surface area (Å²) in [6, 6.07) is 16.2. The molecule has 0 bridgehead atoms. The molecule has 0 fully saturated rings. The van der Waals surface area contributed by atoms with Crippen molar-refractivity contribution in [2.45, 2.75) is 0 Å². The van der Waals surface area contributed by atoms with Crippen LogP contribution in [0.2, 0.25) is 0 Å². The predicted octanol–water partition coefficient (Wildman–Crippen LogP) is 1.96. The third kappa shape index (κ3) is 7.08. The number of carbonyl (C=O) groups excluding carboxylic acids is 4. The maximum Gasteiger partial charge on any atom is 0.346 e. The molecular formula is C24H18N2O9. The Hall–Kier alpha value is -5.32. The van der Waals surface area contributed by atoms with E-state index in [2.05, 4.69) is 0 Å². The van der Waals surface area contributed by atoms with Gasteiger partial charge in [0.1, 0.15) is 0 Å². The number of esters is 2. The highest BCUT2D eigenvalue weighted by Crippen LogP contribution is 2.10. The van der Waals surface area contributed by atoms with Crippen molar-refractivity contribution in [2.75, 3.05) is 0 Å². The first-order chi connectivity index (χ1) is 16.5. The van der Waals surface area contributed by atoms with Crippen LogP contribution in [0.15, 0.2) is 72.8 Å². The highest BCUT2D eigenvalue weighted by atomic mass is 16.6. The molecular weight excluding hydrogens is 460 g/mol. The molecule has 178 valence electrons. The van der Waals surface area contributed by atoms with E-state index in [9.17, 15) is 28.8 Å². The molecule has 3 aromatic rings. The first kappa shape index (κ1) is 25.9. The summed E-state index contributed by atoms with van der Waals surface area (Å²) >= 11 is 0. The van der Waals surface area contributed by atoms with Gasteiger partial charge in [0.05, 0.1) is 22.3 Å². The van der Waals surface area contributed by atoms with Gasteiger partial charge in [-0.25, -0.2) is 19.2 Å². The second-order valence-corrected chi connectivity index (χ2v) is 6.72. The number of benzene rings is 3. The summed E-state index contributed by atoms with van der Waals surface area (Å²) < 4.78 is 4.71. The highest BCUT2D eigenvalue weighted by molar-refractivity contribution is 6.04. The number of hydrogen-bond donors (Lipinski definition) is 4. The normalized spacial score (nSPS) is 9.71. The quantitative estimate of drug-likeness (QED) is 0.301. The van der Waals surface area contributed by atoms with Crippen molar-refractivity contribution in [1.82, 2.24) is 0 Å². The molecule has 0 spiro atoms. The van der Waals surface area contributed by atoms with Crippen LogP contribution < -0.4 is 11.5 Å². The van der Waals surface area contributed by atoms with Crippen LogP contribution in [-0.2, 0) is 4.74 Å². The molecule has 0 radical (unpaired) electrons. The molecule has 0 saturated heterocycles. The monoisotopic (exact) mass is 478 g/mol. The molecule has 11 heteroatoms. The van der Waals surface area contributed by atoms with Gasteiger partial charge in [-0.3, -0.25) is 9.59 Å². The maximum absolute atomic E-state index is 11.9. The van der Waals surface area contributed by atoms with E-state index in [0.29, 0.717) is 0 Å². The van der Waals surface area contributed by atoms with Gasteiger partial charge in [0.2, 0.25) is 11.8 Å². The Kier molecular flexibility index (Phi) is 8.53. The van der Waals surface area contributed by atoms with Crippen LogP contribution >= 0.6 is 0 Å². The lowest BCUT2D eigenvalue weighted by molar-refractivity contribution is 0.0396. The Morgan fingerprint density at radius 1 is 0.514 bits per heavy atom. The number of primary amides is 2. The zero-order valence-corrected chi connectivity index (χ0v) is 17.8. The van der Waals surface area contributed by atoms with Gasteiger partial charge in [0.15, 0.2) is 0 Å². The average molecular weight is 478 g/mol. The van der Waals surface area contributed by atoms with Crippen LogP contribution in [0.1, 0.15) is 62.1 Å². The van der Waals surface area contributed by atoms with Gasteiger partial charge in [-0.1, -0.05) is 12.1 Å². The summed E-state index contributed by atoms with van der Waals surface area (Å²) in [4.78, 5) is 66.5. The van der Waals surface area contributed by atoms with Gasteiger partial charge in [-0.15, -0.1) is 0 Å². The molecule has 0 aliphatic heterocycles. The summed E-state index contributed by atoms with van der Waals surface area (Å²) in [5, 5.41) is 17.1. The molecule has 0 atom stereocenters. The number of carboxylic acids is 2. The van der Waals surface area contributed by atoms with Crippen LogP contribution in [0.25, 0.3) is 0 Å². The Labute approximate surface area is 197 Å². The van der Waals surface area contributed by atoms with E-state index in [1.54, 1.807) is 0 Å². The van der Waals surface area contributed by atoms with Gasteiger partial charge in [0, 0.05) is 11.1 Å². The van der Waals surface area contributed by atoms with Crippen molar-refractivity contribution in [1.29, 1.82) is 0 Å². The summed E-state index contributed by atoms with van der Waals surface area (Å²) in [7, 11) is 0. The summed E-state index contributed by atoms with van der Waals surface area (Å²) in [5.74, 6) is -5.46. The fourth-order valence-electron chi connectivity index (χ4n) is 2.60. The van der Waals surface area contributed by atoms with Crippen LogP contribution in [0.5, 0.6) is 0 Å². The average Bonchev–Trinajstić information content (AvgIpc) is 2.84. The van der Waals surface area contributed by atoms with Crippen molar-refractivity contribution in [2.24, 2.45) is 11.5 Å². The van der Waals surface area contributed by atoms with E-state index in [1.807, 2.05) is 0 Å². The van der Waals surface area contributed by atoms with E-state index in [-0.39, 0.29) is 33.4 Å². The van der Waals surface area contributed by atoms with Crippen LogP contribution in [0, 0.1) is 0 Å². The smallest absolute Gasteiger partial charge is 0.346 e. The third-order valence-electron chi connectivity index (χ3n) is 4.38. The largest absolute Gasteiger partial charge is 0.478 e. The zero-order valence-electron chi connectivity index (χ0n) is 17.8. The van der Waals surface area contributed by atoms with Crippen LogP contribution in [0.4, 0.5) is 0 Å². The minimum atomic E-state index is -1.23. The standard InChI is InChI=1S/C16H12N2O5.C8H6O4/c17-13(19)9-1-5-11(6-2-9)15(21)23-16(22)12-7-3-10(4-8-12)14(18)20;9-7(10)5-3-1-2-4-6(5)8(11)12/h1-8H,(H2,17,19)(H2,18,20);1-4H,(H,9,10)(H,11,12). The van der Waals surface area contributed by atoms with Gasteiger partial charge >= 0.3 is 23.9 Å². The molecule has 0 heterocycles. The van der Waals surface area contributed by atoms with E-state index in [1.165, 1.54) is 72.8 Å². The minimum absolute atomic E-state index is 0.0945. The molecule has 3 aromatic carbocycles. The topological polar surface area (TPSA) is 204 Å². The number of carboxylic acid groups (broad SMARTS) is 2. The molecule has 2 amide bonds. The number of ether oxygens (including phenoxy) is 1. The second kappa shape index (κ2) is 11.5. The van der Waals surface area contributed by atoms with Crippen molar-refractivity contribution in [3.05, 3.63) is 106 Å². The van der Waals surface area contributed by atoms with E-state index >= 15 is 0 Å². The SMILES string of the molecule is NC(=O)c1ccc(C(=O)OC(=O)c2ccc(C(N)=O)cc2)cc1.O=C(O)c1ccccc1C(=O)O. The van der Waals surface area contributed by atoms with Crippen molar-refractivity contribution in [3.8, 4) is 0 Å². The maximum atomic E-state index is 11.9. The van der Waals surface area contributed by atoms with E-state index < -0.39 is 35.7 Å². The van der Waals surface area contributed by atoms with Crippen molar-refractivity contribution >= 4 is 35.7 Å². The first-order valence-electron chi connectivity index (χ1n) is 9.63. The molecule has 0 aliphatic carbocycles. The molecule has 0 aliphatic rings. The number of carbonyl (C=O) groups is 6. The second-order valence-electron chi connectivity index (χ2n) is 6.72. The molecule has 6 N–H and O–H groups in total. The molecule has 11 nitrogen and oxygen atoms in total. The molecule has 3 rings (SSSR count). The summed E-state index contributed by atoms with van der Waals surface area (Å²) in [5.41, 5.74) is 10.4. The Morgan fingerprint density at radius 2 is 0.800 bits per heavy atom. The van der Waals surface area contributed by atoms with Crippen molar-refractivity contribution in [3.63, 3.8) is 0 Å². The Balaban J connectivity index is 0.000000303. The Bertz CT molecular complexity index is 1200. The predicted molar refractivity (Wildman–Crippen MR) is 120 cm³/mol. The van der Waals surface area contributed by atoms with Crippen LogP contribution in [0.3, 0.4) is 0 Å². The fourth-order valence-corrected chi connectivity index (χ4v) is 2.60. The van der Waals surface area contributed by atoms with E-state index in [0.717, 1.165) is 0 Å². The van der Waals surface area contributed by atoms with Crippen molar-refractivity contribution < 1.29 is 43.7 Å². The summed E-state index contributed by atoms with van der Waals surface area (Å²) in [6.45, 7) is 0. The molecule has 35 heavy (non-hydrogen) atoms. The van der Waals surface area contributed by atoms with Crippen LogP contribution in [-0.4, -0.2) is 45.9 Å². The summed E-state index contributed by atoms with van der Waals surface area (Å²) in [6.07, 6.45) is 0. The number of hydrogen-bond acceptors (Lipinski definition) is 7. The number of amides is 2. The fraction of sp³-hybridized carbons (Fsp3) is 0. The first-order valence-corrected chi connectivity index (χ1v) is 9.63.